The first-order chi connectivity index (χ1) is 10.3. The number of nitrogens with zero attached hydrogens (tertiary/aromatic N) is 1. The molecule has 3 atom stereocenters. The second kappa shape index (κ2) is 4.90. The highest BCUT2D eigenvalue weighted by molar-refractivity contribution is 8.04. The molecule has 1 aromatic rings. The average molecular weight is 297 g/mol. The lowest BCUT2D eigenvalue weighted by Crippen LogP contribution is -2.54. The van der Waals surface area contributed by atoms with Crippen LogP contribution >= 0.6 is 11.8 Å². The van der Waals surface area contributed by atoms with E-state index in [9.17, 15) is 4.79 Å². The third-order valence-electron chi connectivity index (χ3n) is 4.43. The van der Waals surface area contributed by atoms with E-state index in [1.807, 2.05) is 23.9 Å². The van der Waals surface area contributed by atoms with Gasteiger partial charge >= 0.3 is 0 Å². The fourth-order valence-electron chi connectivity index (χ4n) is 3.40. The fourth-order valence-corrected chi connectivity index (χ4v) is 4.98. The molecule has 2 aliphatic heterocycles. The molecule has 106 valence electrons. The van der Waals surface area contributed by atoms with Crippen molar-refractivity contribution in [2.75, 3.05) is 0 Å². The van der Waals surface area contributed by atoms with E-state index in [0.717, 1.165) is 18.4 Å². The second-order valence-electron chi connectivity index (χ2n) is 5.66. The maximum Gasteiger partial charge on any atom is 0.231 e. The second-order valence-corrected chi connectivity index (χ2v) is 6.90. The highest BCUT2D eigenvalue weighted by Gasteiger charge is 2.45. The smallest absolute Gasteiger partial charge is 0.231 e. The van der Waals surface area contributed by atoms with Gasteiger partial charge in [0.15, 0.2) is 0 Å². The number of nitrogens with one attached hydrogen (secondary N) is 2. The highest BCUT2D eigenvalue weighted by Crippen LogP contribution is 2.50. The summed E-state index contributed by atoms with van der Waals surface area (Å²) in [6.45, 7) is 0. The van der Waals surface area contributed by atoms with E-state index in [2.05, 4.69) is 16.7 Å². The molecule has 2 heterocycles. The number of rotatable bonds is 1. The van der Waals surface area contributed by atoms with Crippen LogP contribution in [-0.2, 0) is 4.79 Å². The number of hydrogen-bond acceptors (Lipinski definition) is 4. The molecule has 3 aliphatic rings. The van der Waals surface area contributed by atoms with Crippen molar-refractivity contribution in [1.29, 1.82) is 5.26 Å². The van der Waals surface area contributed by atoms with Crippen LogP contribution in [0, 0.1) is 17.2 Å². The zero-order chi connectivity index (χ0) is 14.4. The van der Waals surface area contributed by atoms with Gasteiger partial charge in [-0.25, -0.2) is 0 Å². The Kier molecular flexibility index (Phi) is 3.02. The van der Waals surface area contributed by atoms with Gasteiger partial charge in [-0.05, 0) is 47.4 Å². The maximum absolute atomic E-state index is 12.5. The Bertz CT molecular complexity index is 674. The Balaban J connectivity index is 1.56. The molecule has 0 radical (unpaired) electrons. The first-order valence-electron chi connectivity index (χ1n) is 7.21. The summed E-state index contributed by atoms with van der Waals surface area (Å²) in [5.41, 5.74) is 2.98. The Labute approximate surface area is 127 Å². The van der Waals surface area contributed by atoms with Crippen molar-refractivity contribution in [1.82, 2.24) is 10.6 Å². The van der Waals surface area contributed by atoms with Crippen LogP contribution in [-0.4, -0.2) is 11.3 Å². The number of allylic oxidation sites excluding steroid dienone is 1. The first kappa shape index (κ1) is 12.9. The summed E-state index contributed by atoms with van der Waals surface area (Å²) in [6.07, 6.45) is 3.22. The summed E-state index contributed by atoms with van der Waals surface area (Å²) in [4.78, 5) is 13.9. The zero-order valence-corrected chi connectivity index (χ0v) is 12.2. The van der Waals surface area contributed by atoms with Crippen LogP contribution in [0.4, 0.5) is 0 Å². The van der Waals surface area contributed by atoms with Crippen LogP contribution < -0.4 is 10.6 Å². The average Bonchev–Trinajstić information content (AvgIpc) is 3.07. The van der Waals surface area contributed by atoms with E-state index < -0.39 is 0 Å². The number of fused-ring (bicyclic) bond motifs is 2. The van der Waals surface area contributed by atoms with Crippen LogP contribution in [0.2, 0.25) is 0 Å². The molecule has 0 bridgehead atoms. The van der Waals surface area contributed by atoms with Gasteiger partial charge in [0, 0.05) is 0 Å². The molecule has 2 N–H and O–H groups in total. The SMILES string of the molecule is N#Cc1ccc(C2NC(=O)C3C4=C(CCC4)SC3N2)cc1. The van der Waals surface area contributed by atoms with Gasteiger partial charge in [0.1, 0.15) is 6.17 Å². The van der Waals surface area contributed by atoms with Crippen molar-refractivity contribution >= 4 is 17.7 Å². The summed E-state index contributed by atoms with van der Waals surface area (Å²) in [7, 11) is 0. The fraction of sp³-hybridized carbons (Fsp3) is 0.375. The number of thioether (sulfide) groups is 1. The van der Waals surface area contributed by atoms with E-state index in [0.29, 0.717) is 5.56 Å². The molecule has 4 rings (SSSR count). The van der Waals surface area contributed by atoms with Crippen molar-refractivity contribution in [2.45, 2.75) is 30.8 Å². The third-order valence-corrected chi connectivity index (χ3v) is 5.84. The molecule has 0 aromatic heterocycles. The molecule has 21 heavy (non-hydrogen) atoms. The van der Waals surface area contributed by atoms with Gasteiger partial charge in [-0.3, -0.25) is 10.1 Å². The van der Waals surface area contributed by atoms with Gasteiger partial charge in [0.2, 0.25) is 5.91 Å². The summed E-state index contributed by atoms with van der Waals surface area (Å²) in [5, 5.41) is 15.6. The molecule has 1 amide bonds. The number of hydrogen-bond donors (Lipinski definition) is 2. The predicted molar refractivity (Wildman–Crippen MR) is 80.9 cm³/mol. The summed E-state index contributed by atoms with van der Waals surface area (Å²) >= 11 is 1.83. The Morgan fingerprint density at radius 1 is 1.24 bits per heavy atom. The van der Waals surface area contributed by atoms with Crippen LogP contribution in [0.5, 0.6) is 0 Å². The monoisotopic (exact) mass is 297 g/mol. The number of benzene rings is 1. The van der Waals surface area contributed by atoms with Gasteiger partial charge in [-0.1, -0.05) is 12.1 Å². The normalized spacial score (nSPS) is 30.6. The molecule has 0 spiro atoms. The van der Waals surface area contributed by atoms with Crippen molar-refractivity contribution in [3.05, 3.63) is 45.9 Å². The Morgan fingerprint density at radius 3 is 2.81 bits per heavy atom. The van der Waals surface area contributed by atoms with Crippen LogP contribution in [0.3, 0.4) is 0 Å². The Hall–Kier alpha value is -1.77. The highest BCUT2D eigenvalue weighted by atomic mass is 32.2. The summed E-state index contributed by atoms with van der Waals surface area (Å²) in [6, 6.07) is 9.49. The van der Waals surface area contributed by atoms with Crippen molar-refractivity contribution in [3.8, 4) is 6.07 Å². The van der Waals surface area contributed by atoms with E-state index >= 15 is 0 Å². The summed E-state index contributed by atoms with van der Waals surface area (Å²) < 4.78 is 0. The summed E-state index contributed by atoms with van der Waals surface area (Å²) in [5.74, 6) is 0.134. The zero-order valence-electron chi connectivity index (χ0n) is 11.4. The third kappa shape index (κ3) is 2.06. The van der Waals surface area contributed by atoms with E-state index in [1.54, 1.807) is 12.1 Å². The standard InChI is InChI=1S/C16H15N3OS/c17-8-9-4-6-10(7-5-9)14-18-15(20)13-11-2-1-3-12(11)21-16(13)19-14/h4-7,13-14,16,19H,1-3H2,(H,18,20). The predicted octanol–water partition coefficient (Wildman–Crippen LogP) is 2.40. The molecule has 3 unspecified atom stereocenters. The minimum Gasteiger partial charge on any atom is -0.336 e. The van der Waals surface area contributed by atoms with Crippen molar-refractivity contribution in [3.63, 3.8) is 0 Å². The van der Waals surface area contributed by atoms with Gasteiger partial charge in [0.05, 0.1) is 22.9 Å². The maximum atomic E-state index is 12.5. The number of nitriles is 1. The van der Waals surface area contributed by atoms with Gasteiger partial charge in [0.25, 0.3) is 0 Å². The Morgan fingerprint density at radius 2 is 2.05 bits per heavy atom. The van der Waals surface area contributed by atoms with E-state index in [-0.39, 0.29) is 23.4 Å². The molecular weight excluding hydrogens is 282 g/mol. The van der Waals surface area contributed by atoms with E-state index in [4.69, 9.17) is 5.26 Å². The van der Waals surface area contributed by atoms with Gasteiger partial charge < -0.3 is 5.32 Å². The minimum atomic E-state index is -0.168. The molecule has 1 aliphatic carbocycles. The lowest BCUT2D eigenvalue weighted by Gasteiger charge is -2.35. The molecule has 5 heteroatoms. The number of carbonyl (C=O) groups excluding carboxylic acids is 1. The largest absolute Gasteiger partial charge is 0.336 e. The molecule has 1 aromatic carbocycles. The topological polar surface area (TPSA) is 64.9 Å². The molecule has 1 fully saturated rings. The molecule has 1 saturated heterocycles. The van der Waals surface area contributed by atoms with E-state index in [1.165, 1.54) is 16.9 Å². The van der Waals surface area contributed by atoms with Crippen LogP contribution in [0.15, 0.2) is 34.7 Å². The lowest BCUT2D eigenvalue weighted by molar-refractivity contribution is -0.127. The number of carbonyl (C=O) groups is 1. The van der Waals surface area contributed by atoms with Gasteiger partial charge in [-0.2, -0.15) is 5.26 Å². The first-order valence-corrected chi connectivity index (χ1v) is 8.09. The van der Waals surface area contributed by atoms with Crippen LogP contribution in [0.25, 0.3) is 0 Å². The van der Waals surface area contributed by atoms with Crippen molar-refractivity contribution in [2.24, 2.45) is 5.92 Å². The minimum absolute atomic E-state index is 0.00197. The van der Waals surface area contributed by atoms with Crippen LogP contribution in [0.1, 0.15) is 36.6 Å². The quantitative estimate of drug-likeness (QED) is 0.835. The lowest BCUT2D eigenvalue weighted by atomic mass is 9.94. The molecule has 0 saturated carbocycles. The molecular formula is C16H15N3OS. The van der Waals surface area contributed by atoms with Gasteiger partial charge in [-0.15, -0.1) is 11.8 Å². The number of amides is 1. The molecule has 4 nitrogen and oxygen atoms in total. The van der Waals surface area contributed by atoms with Crippen molar-refractivity contribution < 1.29 is 4.79 Å².